The average Bonchev–Trinajstić information content (AvgIpc) is 3.17. The lowest BCUT2D eigenvalue weighted by Gasteiger charge is -2.23. The van der Waals surface area contributed by atoms with Crippen molar-refractivity contribution < 1.29 is 14.3 Å². The molecule has 1 amide bonds. The summed E-state index contributed by atoms with van der Waals surface area (Å²) >= 11 is 0. The number of hydrazine groups is 1. The predicted octanol–water partition coefficient (Wildman–Crippen LogP) is 1.01. The lowest BCUT2D eigenvalue weighted by atomic mass is 9.83. The van der Waals surface area contributed by atoms with Crippen molar-refractivity contribution >= 4 is 24.3 Å². The number of carbonyl (C=O) groups is 2. The molecule has 2 rings (SSSR count). The monoisotopic (exact) mass is 276 g/mol. The largest absolute Gasteiger partial charge is 0.465 e. The molecule has 0 saturated heterocycles. The van der Waals surface area contributed by atoms with Crippen LogP contribution in [0.2, 0.25) is 0 Å². The van der Waals surface area contributed by atoms with Crippen LogP contribution in [0.25, 0.3) is 0 Å². The molecule has 1 unspecified atom stereocenters. The minimum atomic E-state index is -0.708. The van der Waals surface area contributed by atoms with Gasteiger partial charge < -0.3 is 4.74 Å². The highest BCUT2D eigenvalue weighted by molar-refractivity contribution is 5.98. The fourth-order valence-electron chi connectivity index (χ4n) is 2.65. The fraction of sp³-hybridized carbons (Fsp3) is 0.833. The molecule has 2 saturated carbocycles. The third kappa shape index (κ3) is 3.36. The number of rotatable bonds is 6. The van der Waals surface area contributed by atoms with E-state index in [-0.39, 0.29) is 18.3 Å². The van der Waals surface area contributed by atoms with Crippen LogP contribution in [0.1, 0.15) is 32.6 Å². The standard InChI is InChI=1S/C12H20N2O3.ClH/c1-2-17-12(16)10(11(15)14-13)9(7-3-4-7)8-5-6-8;/h7-10H,2-6,13H2,1H3,(H,14,15);1H. The maximum absolute atomic E-state index is 11.9. The normalized spacial score (nSPS) is 19.9. The lowest BCUT2D eigenvalue weighted by molar-refractivity contribution is -0.155. The third-order valence-corrected chi connectivity index (χ3v) is 3.68. The number of nitrogens with two attached hydrogens (primary N) is 1. The van der Waals surface area contributed by atoms with Gasteiger partial charge in [0.25, 0.3) is 0 Å². The smallest absolute Gasteiger partial charge is 0.318 e. The minimum absolute atomic E-state index is 0. The van der Waals surface area contributed by atoms with E-state index in [0.29, 0.717) is 18.4 Å². The number of esters is 1. The molecule has 0 aromatic rings. The first-order valence-corrected chi connectivity index (χ1v) is 6.36. The number of halogens is 1. The van der Waals surface area contributed by atoms with Crippen molar-refractivity contribution in [2.45, 2.75) is 32.6 Å². The summed E-state index contributed by atoms with van der Waals surface area (Å²) in [5, 5.41) is 0. The summed E-state index contributed by atoms with van der Waals surface area (Å²) in [4.78, 5) is 23.7. The van der Waals surface area contributed by atoms with Gasteiger partial charge in [0.2, 0.25) is 5.91 Å². The van der Waals surface area contributed by atoms with Crippen molar-refractivity contribution in [3.8, 4) is 0 Å². The summed E-state index contributed by atoms with van der Waals surface area (Å²) < 4.78 is 5.01. The predicted molar refractivity (Wildman–Crippen MR) is 68.6 cm³/mol. The molecule has 2 aliphatic carbocycles. The summed E-state index contributed by atoms with van der Waals surface area (Å²) in [6, 6.07) is 0. The van der Waals surface area contributed by atoms with E-state index in [4.69, 9.17) is 10.6 Å². The van der Waals surface area contributed by atoms with Crippen LogP contribution >= 0.6 is 12.4 Å². The minimum Gasteiger partial charge on any atom is -0.465 e. The van der Waals surface area contributed by atoms with E-state index >= 15 is 0 Å². The first-order chi connectivity index (χ1) is 8.19. The summed E-state index contributed by atoms with van der Waals surface area (Å²) in [5.74, 6) is 4.81. The van der Waals surface area contributed by atoms with Crippen molar-refractivity contribution in [1.82, 2.24) is 5.43 Å². The molecule has 0 heterocycles. The van der Waals surface area contributed by atoms with Gasteiger partial charge in [-0.05, 0) is 50.4 Å². The summed E-state index contributed by atoms with van der Waals surface area (Å²) in [5.41, 5.74) is 2.11. The maximum Gasteiger partial charge on any atom is 0.318 e. The van der Waals surface area contributed by atoms with Gasteiger partial charge >= 0.3 is 5.97 Å². The molecule has 0 bridgehead atoms. The second kappa shape index (κ2) is 6.38. The summed E-state index contributed by atoms with van der Waals surface area (Å²) in [6.45, 7) is 2.05. The molecule has 6 heteroatoms. The molecule has 0 aromatic heterocycles. The van der Waals surface area contributed by atoms with E-state index in [1.807, 2.05) is 0 Å². The molecular weight excluding hydrogens is 256 g/mol. The van der Waals surface area contributed by atoms with E-state index < -0.39 is 17.8 Å². The van der Waals surface area contributed by atoms with Crippen molar-refractivity contribution in [3.05, 3.63) is 0 Å². The van der Waals surface area contributed by atoms with Gasteiger partial charge in [0.15, 0.2) is 0 Å². The first kappa shape index (κ1) is 15.2. The average molecular weight is 277 g/mol. The molecule has 0 aromatic carbocycles. The zero-order valence-electron chi connectivity index (χ0n) is 10.6. The van der Waals surface area contributed by atoms with Gasteiger partial charge in [-0.2, -0.15) is 0 Å². The molecule has 0 aliphatic heterocycles. The van der Waals surface area contributed by atoms with Crippen molar-refractivity contribution in [2.24, 2.45) is 29.5 Å². The SMILES string of the molecule is CCOC(=O)C(C(=O)NN)C(C1CC1)C1CC1.Cl. The van der Waals surface area contributed by atoms with E-state index in [9.17, 15) is 9.59 Å². The van der Waals surface area contributed by atoms with Gasteiger partial charge in [-0.3, -0.25) is 15.0 Å². The molecule has 104 valence electrons. The van der Waals surface area contributed by atoms with Crippen molar-refractivity contribution in [1.29, 1.82) is 0 Å². The fourth-order valence-corrected chi connectivity index (χ4v) is 2.65. The second-order valence-electron chi connectivity index (χ2n) is 4.99. The highest BCUT2D eigenvalue weighted by Crippen LogP contribution is 2.52. The Balaban J connectivity index is 0.00000162. The zero-order valence-corrected chi connectivity index (χ0v) is 11.4. The molecule has 1 atom stereocenters. The van der Waals surface area contributed by atoms with E-state index in [2.05, 4.69) is 5.43 Å². The Kier molecular flexibility index (Phi) is 5.41. The quantitative estimate of drug-likeness (QED) is 0.249. The number of amides is 1. The van der Waals surface area contributed by atoms with Gasteiger partial charge in [0.1, 0.15) is 5.92 Å². The Morgan fingerprint density at radius 3 is 2.11 bits per heavy atom. The Hall–Kier alpha value is -0.810. The van der Waals surface area contributed by atoms with Crippen LogP contribution in [0.4, 0.5) is 0 Å². The Morgan fingerprint density at radius 2 is 1.78 bits per heavy atom. The Bertz CT molecular complexity index is 304. The van der Waals surface area contributed by atoms with Gasteiger partial charge in [-0.1, -0.05) is 0 Å². The van der Waals surface area contributed by atoms with Crippen LogP contribution in [0.5, 0.6) is 0 Å². The molecule has 5 nitrogen and oxygen atoms in total. The van der Waals surface area contributed by atoms with Crippen LogP contribution in [-0.2, 0) is 14.3 Å². The second-order valence-corrected chi connectivity index (χ2v) is 4.99. The van der Waals surface area contributed by atoms with Crippen LogP contribution in [0.3, 0.4) is 0 Å². The number of nitrogens with one attached hydrogen (secondary N) is 1. The van der Waals surface area contributed by atoms with Crippen LogP contribution in [-0.4, -0.2) is 18.5 Å². The van der Waals surface area contributed by atoms with E-state index in [1.54, 1.807) is 6.92 Å². The molecule has 2 aliphatic rings. The van der Waals surface area contributed by atoms with Crippen molar-refractivity contribution in [3.63, 3.8) is 0 Å². The zero-order chi connectivity index (χ0) is 12.4. The molecule has 18 heavy (non-hydrogen) atoms. The highest BCUT2D eigenvalue weighted by atomic mass is 35.5. The summed E-state index contributed by atoms with van der Waals surface area (Å²) in [7, 11) is 0. The number of ether oxygens (including phenoxy) is 1. The van der Waals surface area contributed by atoms with Crippen LogP contribution < -0.4 is 11.3 Å². The summed E-state index contributed by atoms with van der Waals surface area (Å²) in [6.07, 6.45) is 4.48. The van der Waals surface area contributed by atoms with E-state index in [0.717, 1.165) is 25.7 Å². The van der Waals surface area contributed by atoms with Gasteiger partial charge in [-0.15, -0.1) is 12.4 Å². The van der Waals surface area contributed by atoms with Gasteiger partial charge in [0, 0.05) is 0 Å². The van der Waals surface area contributed by atoms with Crippen molar-refractivity contribution in [2.75, 3.05) is 6.61 Å². The molecule has 0 spiro atoms. The topological polar surface area (TPSA) is 81.4 Å². The highest BCUT2D eigenvalue weighted by Gasteiger charge is 2.50. The number of hydrogen-bond donors (Lipinski definition) is 2. The number of carbonyl (C=O) groups excluding carboxylic acids is 2. The lowest BCUT2D eigenvalue weighted by Crippen LogP contribution is -2.45. The Morgan fingerprint density at radius 1 is 1.28 bits per heavy atom. The Labute approximate surface area is 113 Å². The molecule has 2 fully saturated rings. The number of hydrogen-bond acceptors (Lipinski definition) is 4. The van der Waals surface area contributed by atoms with Crippen LogP contribution in [0, 0.1) is 23.7 Å². The molecule has 0 radical (unpaired) electrons. The third-order valence-electron chi connectivity index (χ3n) is 3.68. The molecule has 3 N–H and O–H groups in total. The van der Waals surface area contributed by atoms with E-state index in [1.165, 1.54) is 0 Å². The first-order valence-electron chi connectivity index (χ1n) is 6.36. The molecular formula is C12H21ClN2O3. The van der Waals surface area contributed by atoms with Gasteiger partial charge in [-0.25, -0.2) is 5.84 Å². The maximum atomic E-state index is 11.9. The van der Waals surface area contributed by atoms with Gasteiger partial charge in [0.05, 0.1) is 6.61 Å². The van der Waals surface area contributed by atoms with Crippen LogP contribution in [0.15, 0.2) is 0 Å².